The van der Waals surface area contributed by atoms with Gasteiger partial charge in [0.05, 0.1) is 5.39 Å². The highest BCUT2D eigenvalue weighted by Crippen LogP contribution is 2.26. The van der Waals surface area contributed by atoms with E-state index in [0.717, 1.165) is 5.56 Å². The first-order chi connectivity index (χ1) is 10.3. The molecule has 0 saturated heterocycles. The van der Waals surface area contributed by atoms with Crippen LogP contribution < -0.4 is 5.32 Å². The molecule has 2 aromatic heterocycles. The van der Waals surface area contributed by atoms with Gasteiger partial charge in [-0.15, -0.1) is 0 Å². The lowest BCUT2D eigenvalue weighted by Crippen LogP contribution is -2.32. The monoisotopic (exact) mass is 342 g/mol. The van der Waals surface area contributed by atoms with Gasteiger partial charge in [0.25, 0.3) is 0 Å². The van der Waals surface area contributed by atoms with Crippen molar-refractivity contribution < 1.29 is 9.53 Å². The second kappa shape index (κ2) is 6.54. The molecule has 2 rings (SSSR count). The Labute approximate surface area is 137 Å². The Morgan fingerprint density at radius 3 is 2.82 bits per heavy atom. The molecule has 0 saturated carbocycles. The van der Waals surface area contributed by atoms with E-state index < -0.39 is 11.7 Å². The number of H-pyrrole nitrogens is 1. The predicted molar refractivity (Wildman–Crippen MR) is 87.2 cm³/mol. The Bertz CT molecular complexity index is 719. The van der Waals surface area contributed by atoms with Gasteiger partial charge in [-0.25, -0.2) is 9.78 Å². The van der Waals surface area contributed by atoms with E-state index in [-0.39, 0.29) is 10.4 Å². The van der Waals surface area contributed by atoms with Crippen molar-refractivity contribution >= 4 is 46.4 Å². The molecule has 2 aromatic rings. The quantitative estimate of drug-likeness (QED) is 0.656. The third-order valence-electron chi connectivity index (χ3n) is 2.55. The number of carbonyl (C=O) groups excluding carboxylic acids is 1. The van der Waals surface area contributed by atoms with Crippen molar-refractivity contribution in [1.29, 1.82) is 0 Å². The summed E-state index contributed by atoms with van der Waals surface area (Å²) in [6.45, 7) is 5.75. The minimum absolute atomic E-state index is 0.0847. The van der Waals surface area contributed by atoms with E-state index in [4.69, 9.17) is 27.9 Å². The molecular formula is C14H16Cl2N4O2. The van der Waals surface area contributed by atoms with Gasteiger partial charge in [-0.05, 0) is 32.4 Å². The highest BCUT2D eigenvalue weighted by atomic mass is 35.5. The van der Waals surface area contributed by atoms with Crippen molar-refractivity contribution in [2.75, 3.05) is 6.54 Å². The number of fused-ring (bicyclic) bond motifs is 1. The Morgan fingerprint density at radius 1 is 1.41 bits per heavy atom. The second-order valence-corrected chi connectivity index (χ2v) is 6.23. The molecule has 0 aliphatic carbocycles. The van der Waals surface area contributed by atoms with E-state index >= 15 is 0 Å². The van der Waals surface area contributed by atoms with Gasteiger partial charge in [-0.1, -0.05) is 23.8 Å². The number of amides is 1. The number of hydrogen-bond acceptors (Lipinski definition) is 4. The zero-order valence-electron chi connectivity index (χ0n) is 12.4. The predicted octanol–water partition coefficient (Wildman–Crippen LogP) is 3.80. The Balaban J connectivity index is 2.01. The minimum atomic E-state index is -0.519. The summed E-state index contributed by atoms with van der Waals surface area (Å²) in [6.07, 6.45) is 4.85. The molecule has 2 N–H and O–H groups in total. The first-order valence-corrected chi connectivity index (χ1v) is 7.35. The number of nitrogens with one attached hydrogen (secondary N) is 2. The van der Waals surface area contributed by atoms with E-state index in [0.29, 0.717) is 17.6 Å². The fourth-order valence-corrected chi connectivity index (χ4v) is 2.25. The van der Waals surface area contributed by atoms with Crippen molar-refractivity contribution in [1.82, 2.24) is 20.3 Å². The van der Waals surface area contributed by atoms with Crippen LogP contribution in [0.25, 0.3) is 17.1 Å². The summed E-state index contributed by atoms with van der Waals surface area (Å²) in [5, 5.41) is 3.67. The van der Waals surface area contributed by atoms with Gasteiger partial charge in [-0.2, -0.15) is 4.98 Å². The van der Waals surface area contributed by atoms with Gasteiger partial charge in [-0.3, -0.25) is 0 Å². The van der Waals surface area contributed by atoms with E-state index in [1.807, 2.05) is 20.8 Å². The van der Waals surface area contributed by atoms with Gasteiger partial charge in [0.2, 0.25) is 5.28 Å². The van der Waals surface area contributed by atoms with E-state index in [2.05, 4.69) is 20.3 Å². The average molecular weight is 343 g/mol. The molecule has 0 aromatic carbocycles. The lowest BCUT2D eigenvalue weighted by molar-refractivity contribution is 0.0534. The van der Waals surface area contributed by atoms with Gasteiger partial charge in [0, 0.05) is 18.3 Å². The summed E-state index contributed by atoms with van der Waals surface area (Å²) in [5.74, 6) is 0. The fraction of sp³-hybridized carbons (Fsp3) is 0.357. The third-order valence-corrected chi connectivity index (χ3v) is 2.99. The standard InChI is InChI=1S/C14H16Cl2N4O2/c1-14(2,3)22-13(21)17-6-4-5-8-7-18-11-9(8)10(15)19-12(16)20-11/h4-5,7H,6H2,1-3H3,(H,17,21)(H,18,19,20). The molecule has 0 aliphatic rings. The van der Waals surface area contributed by atoms with E-state index in [9.17, 15) is 4.79 Å². The number of aromatic amines is 1. The summed E-state index contributed by atoms with van der Waals surface area (Å²) >= 11 is 11.8. The molecule has 0 atom stereocenters. The van der Waals surface area contributed by atoms with Gasteiger partial charge < -0.3 is 15.0 Å². The zero-order valence-corrected chi connectivity index (χ0v) is 13.9. The fourth-order valence-electron chi connectivity index (χ4n) is 1.76. The van der Waals surface area contributed by atoms with Crippen molar-refractivity contribution in [3.63, 3.8) is 0 Å². The van der Waals surface area contributed by atoms with E-state index in [1.54, 1.807) is 18.3 Å². The maximum absolute atomic E-state index is 11.5. The van der Waals surface area contributed by atoms with Crippen LogP contribution in [0, 0.1) is 0 Å². The summed E-state index contributed by atoms with van der Waals surface area (Å²) in [4.78, 5) is 22.4. The Kier molecular flexibility index (Phi) is 4.93. The van der Waals surface area contributed by atoms with Crippen LogP contribution in [-0.4, -0.2) is 33.2 Å². The maximum atomic E-state index is 11.5. The number of carbonyl (C=O) groups is 1. The molecular weight excluding hydrogens is 327 g/mol. The lowest BCUT2D eigenvalue weighted by atomic mass is 10.2. The van der Waals surface area contributed by atoms with E-state index in [1.165, 1.54) is 0 Å². The molecule has 0 unspecified atom stereocenters. The number of alkyl carbamates (subject to hydrolysis) is 1. The summed E-state index contributed by atoms with van der Waals surface area (Å²) < 4.78 is 5.13. The number of halogens is 2. The molecule has 0 spiro atoms. The molecule has 6 nitrogen and oxygen atoms in total. The highest BCUT2D eigenvalue weighted by Gasteiger charge is 2.15. The van der Waals surface area contributed by atoms with Crippen LogP contribution in [0.4, 0.5) is 4.79 Å². The summed E-state index contributed by atoms with van der Waals surface area (Å²) in [5.41, 5.74) is 0.849. The SMILES string of the molecule is CC(C)(C)OC(=O)NCC=Cc1c[nH]c2nc(Cl)nc(Cl)c12. The first kappa shape index (κ1) is 16.6. The minimum Gasteiger partial charge on any atom is -0.444 e. The van der Waals surface area contributed by atoms with Crippen LogP contribution in [-0.2, 0) is 4.74 Å². The van der Waals surface area contributed by atoms with Crippen LogP contribution in [0.15, 0.2) is 12.3 Å². The van der Waals surface area contributed by atoms with Gasteiger partial charge in [0.1, 0.15) is 16.4 Å². The summed E-state index contributed by atoms with van der Waals surface area (Å²) in [6, 6.07) is 0. The Hall–Kier alpha value is -1.79. The largest absolute Gasteiger partial charge is 0.444 e. The molecule has 2 heterocycles. The molecule has 0 radical (unpaired) electrons. The molecule has 8 heteroatoms. The number of ether oxygens (including phenoxy) is 1. The number of hydrogen-bond donors (Lipinski definition) is 2. The van der Waals surface area contributed by atoms with Gasteiger partial charge >= 0.3 is 6.09 Å². The molecule has 1 amide bonds. The summed E-state index contributed by atoms with van der Waals surface area (Å²) in [7, 11) is 0. The highest BCUT2D eigenvalue weighted by molar-refractivity contribution is 6.36. The second-order valence-electron chi connectivity index (χ2n) is 5.54. The van der Waals surface area contributed by atoms with Crippen LogP contribution in [0.3, 0.4) is 0 Å². The third kappa shape index (κ3) is 4.35. The van der Waals surface area contributed by atoms with Crippen molar-refractivity contribution in [3.05, 3.63) is 28.3 Å². The average Bonchev–Trinajstić information content (AvgIpc) is 2.75. The van der Waals surface area contributed by atoms with Crippen LogP contribution >= 0.6 is 23.2 Å². The smallest absolute Gasteiger partial charge is 0.407 e. The number of rotatable bonds is 3. The number of aromatic nitrogens is 3. The van der Waals surface area contributed by atoms with Crippen molar-refractivity contribution in [3.8, 4) is 0 Å². The molecule has 118 valence electrons. The molecule has 0 bridgehead atoms. The molecule has 22 heavy (non-hydrogen) atoms. The van der Waals surface area contributed by atoms with Crippen LogP contribution in [0.2, 0.25) is 10.4 Å². The van der Waals surface area contributed by atoms with Gasteiger partial charge in [0.15, 0.2) is 0 Å². The zero-order chi connectivity index (χ0) is 16.3. The topological polar surface area (TPSA) is 79.9 Å². The Morgan fingerprint density at radius 2 is 2.14 bits per heavy atom. The normalized spacial score (nSPS) is 12.0. The van der Waals surface area contributed by atoms with Crippen LogP contribution in [0.1, 0.15) is 26.3 Å². The van der Waals surface area contributed by atoms with Crippen molar-refractivity contribution in [2.45, 2.75) is 26.4 Å². The lowest BCUT2D eigenvalue weighted by Gasteiger charge is -2.19. The van der Waals surface area contributed by atoms with Crippen molar-refractivity contribution in [2.24, 2.45) is 0 Å². The molecule has 0 aliphatic heterocycles. The number of nitrogens with zero attached hydrogens (tertiary/aromatic N) is 2. The first-order valence-electron chi connectivity index (χ1n) is 6.60. The maximum Gasteiger partial charge on any atom is 0.407 e. The molecule has 0 fully saturated rings. The van der Waals surface area contributed by atoms with Crippen LogP contribution in [0.5, 0.6) is 0 Å².